The summed E-state index contributed by atoms with van der Waals surface area (Å²) in [5.41, 5.74) is 0. The minimum Gasteiger partial charge on any atom is -0.381 e. The van der Waals surface area contributed by atoms with Gasteiger partial charge >= 0.3 is 0 Å². The van der Waals surface area contributed by atoms with Crippen molar-refractivity contribution in [2.45, 2.75) is 52.4 Å². The van der Waals surface area contributed by atoms with Gasteiger partial charge < -0.3 is 23.7 Å². The number of hydrogen-bond acceptors (Lipinski definition) is 5. The van der Waals surface area contributed by atoms with Crippen LogP contribution in [-0.4, -0.2) is 66.1 Å². The fourth-order valence-electron chi connectivity index (χ4n) is 1.76. The molecule has 140 valence electrons. The van der Waals surface area contributed by atoms with E-state index in [2.05, 4.69) is 13.8 Å². The lowest BCUT2D eigenvalue weighted by Crippen LogP contribution is -2.11. The molecular formula is C18H38O5. The molecule has 0 spiro atoms. The fraction of sp³-hybridized carbons (Fsp3) is 1.00. The molecule has 0 atom stereocenters. The first-order chi connectivity index (χ1) is 11.4. The van der Waals surface area contributed by atoms with Crippen molar-refractivity contribution >= 4 is 0 Å². The van der Waals surface area contributed by atoms with Crippen LogP contribution in [0, 0.1) is 0 Å². The Morgan fingerprint density at radius 3 is 0.957 bits per heavy atom. The lowest BCUT2D eigenvalue weighted by Gasteiger charge is -2.07. The molecule has 0 aromatic heterocycles. The van der Waals surface area contributed by atoms with Gasteiger partial charge in [-0.2, -0.15) is 0 Å². The molecule has 0 heterocycles. The van der Waals surface area contributed by atoms with Gasteiger partial charge in [-0.05, 0) is 25.7 Å². The van der Waals surface area contributed by atoms with Crippen molar-refractivity contribution in [1.29, 1.82) is 0 Å². The second-order valence-electron chi connectivity index (χ2n) is 5.48. The first kappa shape index (κ1) is 22.8. The van der Waals surface area contributed by atoms with E-state index in [1.54, 1.807) is 0 Å². The molecule has 0 saturated carbocycles. The highest BCUT2D eigenvalue weighted by atomic mass is 16.5. The van der Waals surface area contributed by atoms with Crippen LogP contribution in [0.15, 0.2) is 0 Å². The summed E-state index contributed by atoms with van der Waals surface area (Å²) in [7, 11) is 0. The quantitative estimate of drug-likeness (QED) is 0.319. The van der Waals surface area contributed by atoms with E-state index in [0.29, 0.717) is 26.4 Å². The number of rotatable bonds is 20. The second-order valence-corrected chi connectivity index (χ2v) is 5.48. The molecule has 5 heteroatoms. The fourth-order valence-corrected chi connectivity index (χ4v) is 1.76. The molecule has 0 aromatic carbocycles. The molecule has 0 unspecified atom stereocenters. The minimum atomic E-state index is 0.632. The first-order valence-corrected chi connectivity index (χ1v) is 9.30. The Kier molecular flexibility index (Phi) is 21.6. The lowest BCUT2D eigenvalue weighted by atomic mass is 10.4. The molecule has 0 bridgehead atoms. The van der Waals surface area contributed by atoms with Crippen molar-refractivity contribution < 1.29 is 23.7 Å². The van der Waals surface area contributed by atoms with E-state index in [4.69, 9.17) is 23.7 Å². The SMILES string of the molecule is CCCCOCCCOCCCOCCOCCOCCCC. The summed E-state index contributed by atoms with van der Waals surface area (Å²) in [6.45, 7) is 11.7. The molecule has 0 radical (unpaired) electrons. The number of unbranched alkanes of at least 4 members (excludes halogenated alkanes) is 2. The van der Waals surface area contributed by atoms with E-state index in [1.165, 1.54) is 12.8 Å². The van der Waals surface area contributed by atoms with Gasteiger partial charge in [-0.1, -0.05) is 26.7 Å². The van der Waals surface area contributed by atoms with E-state index in [0.717, 1.165) is 65.3 Å². The number of ether oxygens (including phenoxy) is 5. The average molecular weight is 334 g/mol. The predicted octanol–water partition coefficient (Wildman–Crippen LogP) is 3.45. The topological polar surface area (TPSA) is 46.2 Å². The third-order valence-corrected chi connectivity index (χ3v) is 3.18. The van der Waals surface area contributed by atoms with Crippen molar-refractivity contribution in [2.75, 3.05) is 66.1 Å². The van der Waals surface area contributed by atoms with Crippen molar-refractivity contribution in [3.05, 3.63) is 0 Å². The molecule has 0 aliphatic carbocycles. The monoisotopic (exact) mass is 334 g/mol. The van der Waals surface area contributed by atoms with Crippen LogP contribution in [-0.2, 0) is 23.7 Å². The van der Waals surface area contributed by atoms with Gasteiger partial charge in [0, 0.05) is 39.6 Å². The molecule has 5 nitrogen and oxygen atoms in total. The van der Waals surface area contributed by atoms with Crippen LogP contribution in [0.3, 0.4) is 0 Å². The van der Waals surface area contributed by atoms with Gasteiger partial charge in [0.05, 0.1) is 26.4 Å². The normalized spacial score (nSPS) is 11.2. The molecule has 0 aromatic rings. The highest BCUT2D eigenvalue weighted by Gasteiger charge is 1.94. The molecule has 0 rings (SSSR count). The third kappa shape index (κ3) is 21.8. The molecule has 0 aliphatic heterocycles. The molecule has 0 saturated heterocycles. The molecule has 0 N–H and O–H groups in total. The molecule has 0 amide bonds. The number of hydrogen-bond donors (Lipinski definition) is 0. The maximum absolute atomic E-state index is 5.52. The third-order valence-electron chi connectivity index (χ3n) is 3.18. The van der Waals surface area contributed by atoms with Crippen LogP contribution >= 0.6 is 0 Å². The van der Waals surface area contributed by atoms with Gasteiger partial charge in [-0.15, -0.1) is 0 Å². The van der Waals surface area contributed by atoms with Crippen molar-refractivity contribution in [2.24, 2.45) is 0 Å². The van der Waals surface area contributed by atoms with Crippen molar-refractivity contribution in [3.8, 4) is 0 Å². The van der Waals surface area contributed by atoms with Crippen LogP contribution in [0.1, 0.15) is 52.4 Å². The Morgan fingerprint density at radius 1 is 0.348 bits per heavy atom. The van der Waals surface area contributed by atoms with Gasteiger partial charge in [0.15, 0.2) is 0 Å². The second kappa shape index (κ2) is 21.8. The van der Waals surface area contributed by atoms with E-state index < -0.39 is 0 Å². The van der Waals surface area contributed by atoms with Crippen molar-refractivity contribution in [3.63, 3.8) is 0 Å². The van der Waals surface area contributed by atoms with Gasteiger partial charge in [0.1, 0.15) is 0 Å². The van der Waals surface area contributed by atoms with E-state index in [-0.39, 0.29) is 0 Å². The van der Waals surface area contributed by atoms with Crippen LogP contribution in [0.5, 0.6) is 0 Å². The minimum absolute atomic E-state index is 0.632. The maximum Gasteiger partial charge on any atom is 0.0701 e. The lowest BCUT2D eigenvalue weighted by molar-refractivity contribution is 0.00862. The Bertz CT molecular complexity index is 182. The Morgan fingerprint density at radius 2 is 0.609 bits per heavy atom. The predicted molar refractivity (Wildman–Crippen MR) is 93.1 cm³/mol. The Labute approximate surface area is 143 Å². The summed E-state index contributed by atoms with van der Waals surface area (Å²) in [6, 6.07) is 0. The molecule has 0 aliphatic rings. The summed E-state index contributed by atoms with van der Waals surface area (Å²) < 4.78 is 27.3. The average Bonchev–Trinajstić information content (AvgIpc) is 2.57. The summed E-state index contributed by atoms with van der Waals surface area (Å²) in [6.07, 6.45) is 6.53. The zero-order valence-corrected chi connectivity index (χ0v) is 15.4. The van der Waals surface area contributed by atoms with Gasteiger partial charge in [0.2, 0.25) is 0 Å². The summed E-state index contributed by atoms with van der Waals surface area (Å²) in [5, 5.41) is 0. The maximum atomic E-state index is 5.52. The summed E-state index contributed by atoms with van der Waals surface area (Å²) >= 11 is 0. The van der Waals surface area contributed by atoms with Gasteiger partial charge in [-0.3, -0.25) is 0 Å². The van der Waals surface area contributed by atoms with Gasteiger partial charge in [0.25, 0.3) is 0 Å². The van der Waals surface area contributed by atoms with Crippen LogP contribution in [0.4, 0.5) is 0 Å². The highest BCUT2D eigenvalue weighted by molar-refractivity contribution is 4.40. The van der Waals surface area contributed by atoms with Crippen molar-refractivity contribution in [1.82, 2.24) is 0 Å². The zero-order chi connectivity index (χ0) is 16.8. The van der Waals surface area contributed by atoms with E-state index in [1.807, 2.05) is 0 Å². The molecule has 23 heavy (non-hydrogen) atoms. The van der Waals surface area contributed by atoms with Gasteiger partial charge in [-0.25, -0.2) is 0 Å². The molecular weight excluding hydrogens is 296 g/mol. The largest absolute Gasteiger partial charge is 0.381 e. The first-order valence-electron chi connectivity index (χ1n) is 9.30. The van der Waals surface area contributed by atoms with E-state index >= 15 is 0 Å². The van der Waals surface area contributed by atoms with E-state index in [9.17, 15) is 0 Å². The molecule has 0 fully saturated rings. The standard InChI is InChI=1S/C18H38O5/c1-3-5-9-19-11-7-12-20-13-8-14-22-16-18-23-17-15-21-10-6-4-2/h3-18H2,1-2H3. The Balaban J connectivity index is 2.92. The highest BCUT2D eigenvalue weighted by Crippen LogP contribution is 1.92. The summed E-state index contributed by atoms with van der Waals surface area (Å²) in [5.74, 6) is 0. The smallest absolute Gasteiger partial charge is 0.0701 e. The zero-order valence-electron chi connectivity index (χ0n) is 15.4. The summed E-state index contributed by atoms with van der Waals surface area (Å²) in [4.78, 5) is 0. The van der Waals surface area contributed by atoms with Crippen LogP contribution in [0.2, 0.25) is 0 Å². The van der Waals surface area contributed by atoms with Crippen LogP contribution in [0.25, 0.3) is 0 Å². The Hall–Kier alpha value is -0.200. The van der Waals surface area contributed by atoms with Crippen LogP contribution < -0.4 is 0 Å².